The van der Waals surface area contributed by atoms with Gasteiger partial charge in [-0.3, -0.25) is 5.43 Å². The summed E-state index contributed by atoms with van der Waals surface area (Å²) in [4.78, 5) is 4.67. The number of nitrogens with one attached hydrogen (secondary N) is 2. The molecule has 0 aromatic heterocycles. The predicted molar refractivity (Wildman–Crippen MR) is 76.7 cm³/mol. The second-order valence-corrected chi connectivity index (χ2v) is 4.88. The van der Waals surface area contributed by atoms with Crippen molar-refractivity contribution in [3.05, 3.63) is 35.4 Å². The van der Waals surface area contributed by atoms with Gasteiger partial charge in [0.1, 0.15) is 0 Å². The summed E-state index contributed by atoms with van der Waals surface area (Å²) in [5.41, 5.74) is 5.32. The van der Waals surface area contributed by atoms with Gasteiger partial charge in [-0.05, 0) is 30.9 Å². The lowest BCUT2D eigenvalue weighted by atomic mass is 10.1. The third kappa shape index (κ3) is 3.45. The number of fused-ring (bicyclic) bond motifs is 1. The minimum absolute atomic E-state index is 0.163. The van der Waals surface area contributed by atoms with E-state index in [1.165, 1.54) is 11.1 Å². The first kappa shape index (κ1) is 13.8. The van der Waals surface area contributed by atoms with Gasteiger partial charge in [-0.15, -0.1) is 0 Å². The molecule has 0 amide bonds. The molecule has 4 N–H and O–H groups in total. The van der Waals surface area contributed by atoms with Crippen LogP contribution in [0.5, 0.6) is 0 Å². The zero-order valence-corrected chi connectivity index (χ0v) is 11.5. The maximum Gasteiger partial charge on any atom is 0.206 e. The molecule has 2 rings (SSSR count). The molecule has 0 radical (unpaired) electrons. The molecular formula is C14H22N4O. The summed E-state index contributed by atoms with van der Waals surface area (Å²) < 4.78 is 5.09. The molecule has 19 heavy (non-hydrogen) atoms. The zero-order valence-electron chi connectivity index (χ0n) is 11.5. The van der Waals surface area contributed by atoms with Gasteiger partial charge in [-0.2, -0.15) is 0 Å². The number of nitrogens with zero attached hydrogens (tertiary/aromatic N) is 1. The first-order valence-electron chi connectivity index (χ1n) is 6.62. The Morgan fingerprint density at radius 3 is 3.05 bits per heavy atom. The van der Waals surface area contributed by atoms with E-state index in [1.807, 2.05) is 6.92 Å². The van der Waals surface area contributed by atoms with Gasteiger partial charge in [0, 0.05) is 13.2 Å². The highest BCUT2D eigenvalue weighted by Crippen LogP contribution is 2.33. The predicted octanol–water partition coefficient (Wildman–Crippen LogP) is 1.12. The second-order valence-electron chi connectivity index (χ2n) is 4.88. The van der Waals surface area contributed by atoms with Crippen molar-refractivity contribution < 1.29 is 4.74 Å². The molecule has 0 saturated heterocycles. The molecule has 0 bridgehead atoms. The summed E-state index contributed by atoms with van der Waals surface area (Å²) in [5, 5.41) is 3.21. The summed E-state index contributed by atoms with van der Waals surface area (Å²) in [6, 6.07) is 8.79. The highest BCUT2D eigenvalue weighted by Gasteiger charge is 2.21. The first-order chi connectivity index (χ1) is 9.24. The topological polar surface area (TPSA) is 71.7 Å². The normalized spacial score (nSPS) is 19.9. The van der Waals surface area contributed by atoms with E-state index in [9.17, 15) is 0 Å². The molecule has 0 spiro atoms. The number of methoxy groups -OCH3 is 1. The van der Waals surface area contributed by atoms with E-state index in [1.54, 1.807) is 7.11 Å². The Bertz CT molecular complexity index is 447. The van der Waals surface area contributed by atoms with Gasteiger partial charge in [0.2, 0.25) is 5.96 Å². The third-order valence-electron chi connectivity index (χ3n) is 3.32. The lowest BCUT2D eigenvalue weighted by molar-refractivity contribution is 0.179. The van der Waals surface area contributed by atoms with Crippen LogP contribution >= 0.6 is 0 Å². The molecule has 0 fully saturated rings. The highest BCUT2D eigenvalue weighted by molar-refractivity contribution is 5.79. The Kier molecular flexibility index (Phi) is 4.76. The minimum atomic E-state index is 0.163. The number of hydrazine groups is 1. The van der Waals surface area contributed by atoms with Crippen LogP contribution in [-0.2, 0) is 11.2 Å². The number of guanidine groups is 1. The second kappa shape index (κ2) is 6.54. The van der Waals surface area contributed by atoms with Gasteiger partial charge in [-0.25, -0.2) is 10.8 Å². The van der Waals surface area contributed by atoms with Gasteiger partial charge in [0.15, 0.2) is 0 Å². The van der Waals surface area contributed by atoms with Gasteiger partial charge >= 0.3 is 0 Å². The van der Waals surface area contributed by atoms with Crippen molar-refractivity contribution in [2.45, 2.75) is 31.8 Å². The number of hydrogen-bond acceptors (Lipinski definition) is 3. The van der Waals surface area contributed by atoms with Crippen molar-refractivity contribution in [1.82, 2.24) is 10.7 Å². The van der Waals surface area contributed by atoms with E-state index < -0.39 is 0 Å². The van der Waals surface area contributed by atoms with E-state index in [0.29, 0.717) is 12.6 Å². The quantitative estimate of drug-likeness (QED) is 0.329. The average Bonchev–Trinajstić information content (AvgIpc) is 2.82. The number of benzene rings is 1. The van der Waals surface area contributed by atoms with Crippen LogP contribution in [0, 0.1) is 0 Å². The number of rotatable bonds is 4. The summed E-state index contributed by atoms with van der Waals surface area (Å²) in [7, 11) is 1.68. The van der Waals surface area contributed by atoms with E-state index in [4.69, 9.17) is 10.6 Å². The SMILES string of the molecule is COCC(C)NC(=NC1CCc2ccccc21)NN. The van der Waals surface area contributed by atoms with Crippen LogP contribution in [0.3, 0.4) is 0 Å². The smallest absolute Gasteiger partial charge is 0.206 e. The minimum Gasteiger partial charge on any atom is -0.383 e. The maximum atomic E-state index is 5.53. The molecule has 104 valence electrons. The standard InChI is InChI=1S/C14H22N4O/c1-10(9-19-2)16-14(18-15)17-13-8-7-11-5-3-4-6-12(11)13/h3-6,10,13H,7-9,15H2,1-2H3,(H2,16,17,18). The van der Waals surface area contributed by atoms with E-state index in [0.717, 1.165) is 12.8 Å². The fraction of sp³-hybridized carbons (Fsp3) is 0.500. The summed E-state index contributed by atoms with van der Waals surface area (Å²) in [6.07, 6.45) is 2.11. The van der Waals surface area contributed by atoms with Gasteiger partial charge in [-0.1, -0.05) is 24.3 Å². The summed E-state index contributed by atoms with van der Waals surface area (Å²) in [6.45, 7) is 2.64. The van der Waals surface area contributed by atoms with Gasteiger partial charge < -0.3 is 10.1 Å². The van der Waals surface area contributed by atoms with E-state index >= 15 is 0 Å². The fourth-order valence-electron chi connectivity index (χ4n) is 2.47. The van der Waals surface area contributed by atoms with Crippen molar-refractivity contribution in [3.8, 4) is 0 Å². The Hall–Kier alpha value is -1.59. The molecule has 5 nitrogen and oxygen atoms in total. The van der Waals surface area contributed by atoms with Crippen molar-refractivity contribution in [3.63, 3.8) is 0 Å². The van der Waals surface area contributed by atoms with Crippen LogP contribution in [0.15, 0.2) is 29.3 Å². The third-order valence-corrected chi connectivity index (χ3v) is 3.32. The number of ether oxygens (including phenoxy) is 1. The maximum absolute atomic E-state index is 5.53. The highest BCUT2D eigenvalue weighted by atomic mass is 16.5. The molecule has 1 aliphatic rings. The van der Waals surface area contributed by atoms with Crippen LogP contribution in [0.4, 0.5) is 0 Å². The van der Waals surface area contributed by atoms with E-state index in [2.05, 4.69) is 40.0 Å². The molecule has 5 heteroatoms. The van der Waals surface area contributed by atoms with Crippen molar-refractivity contribution in [2.75, 3.05) is 13.7 Å². The monoisotopic (exact) mass is 262 g/mol. The summed E-state index contributed by atoms with van der Waals surface area (Å²) >= 11 is 0. The molecule has 2 atom stereocenters. The first-order valence-corrected chi connectivity index (χ1v) is 6.62. The number of aliphatic imine (C=N–C) groups is 1. The largest absolute Gasteiger partial charge is 0.383 e. The van der Waals surface area contributed by atoms with Crippen molar-refractivity contribution in [1.29, 1.82) is 0 Å². The Labute approximate surface area is 114 Å². The molecule has 0 aliphatic heterocycles. The van der Waals surface area contributed by atoms with Crippen LogP contribution in [-0.4, -0.2) is 25.7 Å². The van der Waals surface area contributed by atoms with Crippen LogP contribution in [0.1, 0.15) is 30.5 Å². The molecule has 1 aromatic rings. The number of nitrogens with two attached hydrogens (primary N) is 1. The van der Waals surface area contributed by atoms with Gasteiger partial charge in [0.05, 0.1) is 12.6 Å². The van der Waals surface area contributed by atoms with Gasteiger partial charge in [0.25, 0.3) is 0 Å². The molecule has 1 aromatic carbocycles. The summed E-state index contributed by atoms with van der Waals surface area (Å²) in [5.74, 6) is 6.15. The molecule has 0 heterocycles. The average molecular weight is 262 g/mol. The van der Waals surface area contributed by atoms with Crippen LogP contribution in [0.2, 0.25) is 0 Å². The van der Waals surface area contributed by atoms with Crippen molar-refractivity contribution in [2.24, 2.45) is 10.8 Å². The molecule has 1 aliphatic carbocycles. The Balaban J connectivity index is 2.07. The Morgan fingerprint density at radius 1 is 1.53 bits per heavy atom. The molecule has 2 unspecified atom stereocenters. The lowest BCUT2D eigenvalue weighted by Crippen LogP contribution is -2.47. The van der Waals surface area contributed by atoms with Crippen molar-refractivity contribution >= 4 is 5.96 Å². The molecular weight excluding hydrogens is 240 g/mol. The van der Waals surface area contributed by atoms with Crippen LogP contribution in [0.25, 0.3) is 0 Å². The van der Waals surface area contributed by atoms with Crippen LogP contribution < -0.4 is 16.6 Å². The zero-order chi connectivity index (χ0) is 13.7. The number of hydrogen-bond donors (Lipinski definition) is 3. The fourth-order valence-corrected chi connectivity index (χ4v) is 2.47. The number of aryl methyl sites for hydroxylation is 1. The Morgan fingerprint density at radius 2 is 2.32 bits per heavy atom. The lowest BCUT2D eigenvalue weighted by Gasteiger charge is -2.17. The van der Waals surface area contributed by atoms with E-state index in [-0.39, 0.29) is 12.1 Å². The molecule has 0 saturated carbocycles.